The van der Waals surface area contributed by atoms with Crippen molar-refractivity contribution in [3.8, 4) is 0 Å². The van der Waals surface area contributed by atoms with Crippen molar-refractivity contribution in [1.82, 2.24) is 10.2 Å². The van der Waals surface area contributed by atoms with E-state index in [9.17, 15) is 9.59 Å². The van der Waals surface area contributed by atoms with Gasteiger partial charge in [0.25, 0.3) is 0 Å². The zero-order chi connectivity index (χ0) is 15.4. The van der Waals surface area contributed by atoms with Gasteiger partial charge in [0.15, 0.2) is 0 Å². The molecule has 0 aromatic rings. The number of rotatable bonds is 6. The largest absolute Gasteiger partial charge is 0.373 e. The van der Waals surface area contributed by atoms with Gasteiger partial charge in [0.05, 0.1) is 12.2 Å². The van der Waals surface area contributed by atoms with Gasteiger partial charge < -0.3 is 15.0 Å². The molecule has 2 fully saturated rings. The minimum Gasteiger partial charge on any atom is -0.373 e. The number of carbonyl (C=O) groups excluding carboxylic acids is 2. The molecule has 0 aromatic heterocycles. The molecule has 21 heavy (non-hydrogen) atoms. The molecule has 2 heterocycles. The fourth-order valence-electron chi connectivity index (χ4n) is 3.33. The molecule has 2 aliphatic heterocycles. The maximum absolute atomic E-state index is 12.7. The summed E-state index contributed by atoms with van der Waals surface area (Å²) in [5, 5.41) is 2.89. The lowest BCUT2D eigenvalue weighted by molar-refractivity contribution is -0.151. The predicted molar refractivity (Wildman–Crippen MR) is 80.8 cm³/mol. The molecule has 0 saturated carbocycles. The van der Waals surface area contributed by atoms with Gasteiger partial charge in [-0.1, -0.05) is 26.7 Å². The second-order valence-electron chi connectivity index (χ2n) is 6.29. The third-order valence-corrected chi connectivity index (χ3v) is 4.44. The highest BCUT2D eigenvalue weighted by Crippen LogP contribution is 2.24. The van der Waals surface area contributed by atoms with Gasteiger partial charge in [0.2, 0.25) is 11.8 Å². The van der Waals surface area contributed by atoms with E-state index in [1.165, 1.54) is 0 Å². The lowest BCUT2D eigenvalue weighted by atomic mass is 9.99. The van der Waals surface area contributed by atoms with Crippen LogP contribution in [0.1, 0.15) is 59.3 Å². The topological polar surface area (TPSA) is 58.6 Å². The summed E-state index contributed by atoms with van der Waals surface area (Å²) >= 11 is 0. The average Bonchev–Trinajstić information content (AvgIpc) is 2.85. The highest BCUT2D eigenvalue weighted by atomic mass is 16.5. The quantitative estimate of drug-likeness (QED) is 0.814. The van der Waals surface area contributed by atoms with Gasteiger partial charge in [-0.05, 0) is 32.6 Å². The fourth-order valence-corrected chi connectivity index (χ4v) is 3.33. The van der Waals surface area contributed by atoms with Crippen LogP contribution in [0.5, 0.6) is 0 Å². The Morgan fingerprint density at radius 3 is 2.48 bits per heavy atom. The van der Waals surface area contributed by atoms with Crippen LogP contribution in [0.15, 0.2) is 0 Å². The van der Waals surface area contributed by atoms with Crippen molar-refractivity contribution in [3.05, 3.63) is 0 Å². The number of hydrogen-bond donors (Lipinski definition) is 1. The smallest absolute Gasteiger partial charge is 0.245 e. The molecule has 120 valence electrons. The molecule has 2 rings (SSSR count). The van der Waals surface area contributed by atoms with E-state index < -0.39 is 0 Å². The van der Waals surface area contributed by atoms with E-state index in [2.05, 4.69) is 12.2 Å². The summed E-state index contributed by atoms with van der Waals surface area (Å²) in [6.45, 7) is 6.70. The summed E-state index contributed by atoms with van der Waals surface area (Å²) in [4.78, 5) is 26.8. The van der Waals surface area contributed by atoms with Crippen molar-refractivity contribution < 1.29 is 14.3 Å². The van der Waals surface area contributed by atoms with Crippen molar-refractivity contribution in [2.75, 3.05) is 6.54 Å². The van der Waals surface area contributed by atoms with E-state index >= 15 is 0 Å². The van der Waals surface area contributed by atoms with E-state index in [1.54, 1.807) is 4.90 Å². The number of ether oxygens (including phenoxy) is 1. The van der Waals surface area contributed by atoms with E-state index in [0.29, 0.717) is 13.0 Å². The Hall–Kier alpha value is -1.10. The Bertz CT molecular complexity index is 386. The van der Waals surface area contributed by atoms with Gasteiger partial charge in [-0.3, -0.25) is 9.59 Å². The second-order valence-corrected chi connectivity index (χ2v) is 6.29. The van der Waals surface area contributed by atoms with Crippen molar-refractivity contribution >= 4 is 11.8 Å². The summed E-state index contributed by atoms with van der Waals surface area (Å²) in [5.41, 5.74) is 0. The maximum atomic E-state index is 12.7. The predicted octanol–water partition coefficient (Wildman–Crippen LogP) is 1.85. The molecular weight excluding hydrogens is 268 g/mol. The molecule has 0 spiro atoms. The number of amides is 2. The number of piperazine rings is 1. The first kappa shape index (κ1) is 16.3. The molecule has 2 amide bonds. The number of nitrogens with one attached hydrogen (secondary N) is 1. The van der Waals surface area contributed by atoms with Crippen molar-refractivity contribution in [2.45, 2.75) is 83.6 Å². The van der Waals surface area contributed by atoms with Crippen LogP contribution in [0.25, 0.3) is 0 Å². The maximum Gasteiger partial charge on any atom is 0.245 e. The minimum atomic E-state index is -0.352. The molecule has 1 N–H and O–H groups in total. The molecule has 0 radical (unpaired) electrons. The molecular formula is C16H28N2O3. The molecule has 2 aliphatic rings. The molecule has 0 aromatic carbocycles. The first-order valence-corrected chi connectivity index (χ1v) is 8.33. The SMILES string of the molecule is CCCC1NC(=O)C(CCC)N(CC2CCC(C)O2)C1=O. The molecule has 2 saturated heterocycles. The van der Waals surface area contributed by atoms with Gasteiger partial charge in [-0.25, -0.2) is 0 Å². The molecule has 4 atom stereocenters. The molecule has 5 nitrogen and oxygen atoms in total. The summed E-state index contributed by atoms with van der Waals surface area (Å²) < 4.78 is 5.84. The lowest BCUT2D eigenvalue weighted by Gasteiger charge is -2.40. The number of carbonyl (C=O) groups is 2. The van der Waals surface area contributed by atoms with Crippen LogP contribution in [-0.4, -0.2) is 47.6 Å². The highest BCUT2D eigenvalue weighted by molar-refractivity contribution is 5.96. The van der Waals surface area contributed by atoms with Crippen LogP contribution in [-0.2, 0) is 14.3 Å². The molecule has 0 bridgehead atoms. The van der Waals surface area contributed by atoms with E-state index in [4.69, 9.17) is 4.74 Å². The van der Waals surface area contributed by atoms with Crippen molar-refractivity contribution in [2.24, 2.45) is 0 Å². The van der Waals surface area contributed by atoms with Crippen LogP contribution in [0, 0.1) is 0 Å². The van der Waals surface area contributed by atoms with Crippen LogP contribution >= 0.6 is 0 Å². The van der Waals surface area contributed by atoms with Crippen LogP contribution in [0.2, 0.25) is 0 Å². The fraction of sp³-hybridized carbons (Fsp3) is 0.875. The summed E-state index contributed by atoms with van der Waals surface area (Å²) in [7, 11) is 0. The van der Waals surface area contributed by atoms with Crippen LogP contribution in [0.4, 0.5) is 0 Å². The third kappa shape index (κ3) is 3.76. The standard InChI is InChI=1S/C16H28N2O3/c1-4-6-13-16(20)18(10-12-9-8-11(3)21-12)14(7-5-2)15(19)17-13/h11-14H,4-10H2,1-3H3,(H,17,19). The summed E-state index contributed by atoms with van der Waals surface area (Å²) in [5.74, 6) is 0.0685. The van der Waals surface area contributed by atoms with E-state index in [-0.39, 0.29) is 36.1 Å². The Labute approximate surface area is 127 Å². The van der Waals surface area contributed by atoms with E-state index in [0.717, 1.165) is 32.1 Å². The van der Waals surface area contributed by atoms with Gasteiger partial charge in [0.1, 0.15) is 12.1 Å². The van der Waals surface area contributed by atoms with Gasteiger partial charge >= 0.3 is 0 Å². The Morgan fingerprint density at radius 1 is 1.19 bits per heavy atom. The molecule has 4 unspecified atom stereocenters. The summed E-state index contributed by atoms with van der Waals surface area (Å²) in [6, 6.07) is -0.676. The Morgan fingerprint density at radius 2 is 1.90 bits per heavy atom. The van der Waals surface area contributed by atoms with Gasteiger partial charge in [-0.15, -0.1) is 0 Å². The zero-order valence-corrected chi connectivity index (χ0v) is 13.4. The third-order valence-electron chi connectivity index (χ3n) is 4.44. The average molecular weight is 296 g/mol. The highest BCUT2D eigenvalue weighted by Gasteiger charge is 2.41. The number of hydrogen-bond acceptors (Lipinski definition) is 3. The lowest BCUT2D eigenvalue weighted by Crippen LogP contribution is -2.64. The van der Waals surface area contributed by atoms with Gasteiger partial charge in [-0.2, -0.15) is 0 Å². The minimum absolute atomic E-state index is 0.000875. The first-order valence-electron chi connectivity index (χ1n) is 8.33. The Balaban J connectivity index is 2.09. The van der Waals surface area contributed by atoms with E-state index in [1.807, 2.05) is 13.8 Å². The van der Waals surface area contributed by atoms with Gasteiger partial charge in [0, 0.05) is 6.54 Å². The zero-order valence-electron chi connectivity index (χ0n) is 13.4. The van der Waals surface area contributed by atoms with Crippen molar-refractivity contribution in [3.63, 3.8) is 0 Å². The van der Waals surface area contributed by atoms with Crippen molar-refractivity contribution in [1.29, 1.82) is 0 Å². The number of nitrogens with zero attached hydrogens (tertiary/aromatic N) is 1. The molecule has 0 aliphatic carbocycles. The second kappa shape index (κ2) is 7.25. The van der Waals surface area contributed by atoms with Crippen LogP contribution < -0.4 is 5.32 Å². The summed E-state index contributed by atoms with van der Waals surface area (Å²) in [6.07, 6.45) is 5.57. The first-order chi connectivity index (χ1) is 10.1. The normalized spacial score (nSPS) is 33.4. The van der Waals surface area contributed by atoms with Crippen LogP contribution in [0.3, 0.4) is 0 Å². The Kier molecular flexibility index (Phi) is 5.62. The monoisotopic (exact) mass is 296 g/mol. The molecule has 5 heteroatoms.